The Hall–Kier alpha value is -2.43. The van der Waals surface area contributed by atoms with Gasteiger partial charge in [-0.25, -0.2) is 4.98 Å². The maximum absolute atomic E-state index is 10.9. The van der Waals surface area contributed by atoms with E-state index in [0.717, 1.165) is 11.1 Å². The highest BCUT2D eigenvalue weighted by atomic mass is 16.6. The van der Waals surface area contributed by atoms with Gasteiger partial charge in [0.05, 0.1) is 4.92 Å². The number of aromatic nitrogens is 1. The van der Waals surface area contributed by atoms with E-state index >= 15 is 0 Å². The molecule has 0 unspecified atom stereocenters. The minimum absolute atomic E-state index is 0.00549. The second-order valence-corrected chi connectivity index (χ2v) is 3.98. The molecule has 0 saturated heterocycles. The molecule has 0 aliphatic carbocycles. The number of hydrogen-bond donors (Lipinski definition) is 1. The van der Waals surface area contributed by atoms with Crippen molar-refractivity contribution in [1.29, 1.82) is 0 Å². The van der Waals surface area contributed by atoms with Crippen LogP contribution in [-0.2, 0) is 6.54 Å². The van der Waals surface area contributed by atoms with E-state index in [9.17, 15) is 10.1 Å². The lowest BCUT2D eigenvalue weighted by atomic mass is 10.2. The first-order chi connectivity index (χ1) is 8.66. The maximum atomic E-state index is 10.9. The molecule has 1 aromatic carbocycles. The van der Waals surface area contributed by atoms with Gasteiger partial charge < -0.3 is 5.32 Å². The number of nitro groups is 1. The summed E-state index contributed by atoms with van der Waals surface area (Å²) in [7, 11) is 0. The highest BCUT2D eigenvalue weighted by Crippen LogP contribution is 2.22. The van der Waals surface area contributed by atoms with E-state index in [4.69, 9.17) is 0 Å². The van der Waals surface area contributed by atoms with Gasteiger partial charge >= 0.3 is 5.69 Å². The fraction of sp³-hybridized carbons (Fsp3) is 0.154. The van der Waals surface area contributed by atoms with Gasteiger partial charge in [-0.3, -0.25) is 10.1 Å². The smallest absolute Gasteiger partial charge is 0.311 e. The molecule has 5 heteroatoms. The van der Waals surface area contributed by atoms with E-state index < -0.39 is 4.92 Å². The zero-order valence-electron chi connectivity index (χ0n) is 9.96. The minimum atomic E-state index is -0.423. The highest BCUT2D eigenvalue weighted by Gasteiger charge is 2.14. The zero-order chi connectivity index (χ0) is 13.0. The fourth-order valence-corrected chi connectivity index (χ4v) is 1.61. The van der Waals surface area contributed by atoms with Crippen LogP contribution in [0.5, 0.6) is 0 Å². The number of pyridine rings is 1. The SMILES string of the molecule is Cc1cnc(NCc2ccccc2)c([N+](=O)[O-])c1. The van der Waals surface area contributed by atoms with Crippen molar-refractivity contribution in [1.82, 2.24) is 4.98 Å². The Morgan fingerprint density at radius 1 is 1.33 bits per heavy atom. The zero-order valence-corrected chi connectivity index (χ0v) is 9.96. The van der Waals surface area contributed by atoms with Gasteiger partial charge in [0.25, 0.3) is 0 Å². The molecule has 0 aliphatic heterocycles. The average Bonchev–Trinajstić information content (AvgIpc) is 2.38. The molecule has 2 rings (SSSR count). The summed E-state index contributed by atoms with van der Waals surface area (Å²) in [6, 6.07) is 11.2. The second kappa shape index (κ2) is 5.27. The minimum Gasteiger partial charge on any atom is -0.360 e. The Morgan fingerprint density at radius 2 is 2.06 bits per heavy atom. The molecule has 0 radical (unpaired) electrons. The number of nitrogens with zero attached hydrogens (tertiary/aromatic N) is 2. The molecule has 1 N–H and O–H groups in total. The molecule has 1 heterocycles. The number of benzene rings is 1. The van der Waals surface area contributed by atoms with Gasteiger partial charge in [0, 0.05) is 18.8 Å². The summed E-state index contributed by atoms with van der Waals surface area (Å²) < 4.78 is 0. The van der Waals surface area contributed by atoms with E-state index in [2.05, 4.69) is 10.3 Å². The van der Waals surface area contributed by atoms with Crippen molar-refractivity contribution < 1.29 is 4.92 Å². The molecule has 2 aromatic rings. The summed E-state index contributed by atoms with van der Waals surface area (Å²) >= 11 is 0. The van der Waals surface area contributed by atoms with Crippen LogP contribution in [0.15, 0.2) is 42.6 Å². The summed E-state index contributed by atoms with van der Waals surface area (Å²) in [5.41, 5.74) is 1.83. The van der Waals surface area contributed by atoms with Gasteiger partial charge in [-0.05, 0) is 18.1 Å². The van der Waals surface area contributed by atoms with Crippen LogP contribution in [0, 0.1) is 17.0 Å². The van der Waals surface area contributed by atoms with E-state index in [-0.39, 0.29) is 5.69 Å². The first-order valence-corrected chi connectivity index (χ1v) is 5.55. The van der Waals surface area contributed by atoms with Gasteiger partial charge in [-0.15, -0.1) is 0 Å². The lowest BCUT2D eigenvalue weighted by Gasteiger charge is -2.06. The lowest BCUT2D eigenvalue weighted by molar-refractivity contribution is -0.384. The third-order valence-corrected chi connectivity index (χ3v) is 2.50. The Bertz CT molecular complexity index is 555. The number of nitrogens with one attached hydrogen (secondary N) is 1. The summed E-state index contributed by atoms with van der Waals surface area (Å²) in [4.78, 5) is 14.5. The van der Waals surface area contributed by atoms with E-state index in [0.29, 0.717) is 12.4 Å². The predicted octanol–water partition coefficient (Wildman–Crippen LogP) is 2.91. The molecule has 0 saturated carbocycles. The van der Waals surface area contributed by atoms with Crippen LogP contribution in [0.2, 0.25) is 0 Å². The third-order valence-electron chi connectivity index (χ3n) is 2.50. The normalized spacial score (nSPS) is 10.1. The molecule has 0 amide bonds. The van der Waals surface area contributed by atoms with Gasteiger partial charge in [0.1, 0.15) is 0 Å². The van der Waals surface area contributed by atoms with E-state index in [1.54, 1.807) is 13.1 Å². The van der Waals surface area contributed by atoms with Crippen LogP contribution >= 0.6 is 0 Å². The van der Waals surface area contributed by atoms with Crippen molar-refractivity contribution in [2.45, 2.75) is 13.5 Å². The van der Waals surface area contributed by atoms with Crippen LogP contribution in [0.3, 0.4) is 0 Å². The number of rotatable bonds is 4. The van der Waals surface area contributed by atoms with Crippen molar-refractivity contribution in [2.24, 2.45) is 0 Å². The molecule has 0 aliphatic rings. The molecule has 0 spiro atoms. The molecule has 18 heavy (non-hydrogen) atoms. The Balaban J connectivity index is 2.17. The standard InChI is InChI=1S/C13H13N3O2/c1-10-7-12(16(17)18)13(14-8-10)15-9-11-5-3-2-4-6-11/h2-8H,9H2,1H3,(H,14,15). The van der Waals surface area contributed by atoms with Crippen LogP contribution in [-0.4, -0.2) is 9.91 Å². The second-order valence-electron chi connectivity index (χ2n) is 3.98. The van der Waals surface area contributed by atoms with Crippen molar-refractivity contribution in [3.05, 3.63) is 63.8 Å². The molecule has 0 atom stereocenters. The monoisotopic (exact) mass is 243 g/mol. The summed E-state index contributed by atoms with van der Waals surface area (Å²) in [6.45, 7) is 2.29. The van der Waals surface area contributed by atoms with Crippen molar-refractivity contribution in [3.8, 4) is 0 Å². The Labute approximate surface area is 105 Å². The molecule has 0 bridgehead atoms. The number of aryl methyl sites for hydroxylation is 1. The third kappa shape index (κ3) is 2.82. The highest BCUT2D eigenvalue weighted by molar-refractivity contribution is 5.56. The predicted molar refractivity (Wildman–Crippen MR) is 69.4 cm³/mol. The number of hydrogen-bond acceptors (Lipinski definition) is 4. The van der Waals surface area contributed by atoms with E-state index in [1.807, 2.05) is 30.3 Å². The first-order valence-electron chi connectivity index (χ1n) is 5.55. The Kier molecular flexibility index (Phi) is 3.52. The lowest BCUT2D eigenvalue weighted by Crippen LogP contribution is -2.04. The Morgan fingerprint density at radius 3 is 2.72 bits per heavy atom. The topological polar surface area (TPSA) is 68.1 Å². The van der Waals surface area contributed by atoms with Gasteiger partial charge in [-0.2, -0.15) is 0 Å². The van der Waals surface area contributed by atoms with Crippen LogP contribution in [0.1, 0.15) is 11.1 Å². The van der Waals surface area contributed by atoms with Gasteiger partial charge in [0.2, 0.25) is 5.82 Å². The van der Waals surface area contributed by atoms with Crippen molar-refractivity contribution >= 4 is 11.5 Å². The van der Waals surface area contributed by atoms with Crippen LogP contribution < -0.4 is 5.32 Å². The number of anilines is 1. The van der Waals surface area contributed by atoms with Crippen molar-refractivity contribution in [3.63, 3.8) is 0 Å². The van der Waals surface area contributed by atoms with Crippen LogP contribution in [0.4, 0.5) is 11.5 Å². The fourth-order valence-electron chi connectivity index (χ4n) is 1.61. The van der Waals surface area contributed by atoms with Crippen molar-refractivity contribution in [2.75, 3.05) is 5.32 Å². The molecule has 5 nitrogen and oxygen atoms in total. The summed E-state index contributed by atoms with van der Waals surface area (Å²) in [5.74, 6) is 0.300. The first kappa shape index (κ1) is 12.0. The summed E-state index contributed by atoms with van der Waals surface area (Å²) in [6.07, 6.45) is 1.61. The quantitative estimate of drug-likeness (QED) is 0.662. The molecule has 0 fully saturated rings. The maximum Gasteiger partial charge on any atom is 0.311 e. The molecule has 92 valence electrons. The van der Waals surface area contributed by atoms with Gasteiger partial charge in [0.15, 0.2) is 0 Å². The summed E-state index contributed by atoms with van der Waals surface area (Å²) in [5, 5.41) is 13.9. The molecule has 1 aromatic heterocycles. The largest absolute Gasteiger partial charge is 0.360 e. The van der Waals surface area contributed by atoms with Crippen LogP contribution in [0.25, 0.3) is 0 Å². The molecular formula is C13H13N3O2. The average molecular weight is 243 g/mol. The van der Waals surface area contributed by atoms with Gasteiger partial charge in [-0.1, -0.05) is 30.3 Å². The van der Waals surface area contributed by atoms with E-state index in [1.165, 1.54) is 6.07 Å². The molecular weight excluding hydrogens is 230 g/mol.